The number of piperazine rings is 1. The lowest BCUT2D eigenvalue weighted by atomic mass is 10.2. The minimum Gasteiger partial charge on any atom is -0.301 e. The highest BCUT2D eigenvalue weighted by Gasteiger charge is 2.23. The first-order chi connectivity index (χ1) is 16.3. The summed E-state index contributed by atoms with van der Waals surface area (Å²) < 4.78 is 25.5. The zero-order valence-corrected chi connectivity index (χ0v) is 19.8. The van der Waals surface area contributed by atoms with Crippen molar-refractivity contribution in [2.24, 2.45) is 0 Å². The summed E-state index contributed by atoms with van der Waals surface area (Å²) in [5.41, 5.74) is 1.06. The molecule has 0 spiro atoms. The minimum absolute atomic E-state index is 0.0498. The molecule has 0 atom stereocenters. The van der Waals surface area contributed by atoms with Gasteiger partial charge in [0.05, 0.1) is 22.6 Å². The molecule has 0 aliphatic carbocycles. The second-order valence-corrected chi connectivity index (χ2v) is 11.0. The molecule has 178 valence electrons. The smallest absolute Gasteiger partial charge is 0.269 e. The number of hydrogen-bond acceptors (Lipinski definition) is 9. The van der Waals surface area contributed by atoms with E-state index in [0.717, 1.165) is 56.2 Å². The van der Waals surface area contributed by atoms with Gasteiger partial charge in [-0.2, -0.15) is 0 Å². The topological polar surface area (TPSA) is 126 Å². The number of carbonyl (C=O) groups excluding carboxylic acids is 1. The molecule has 34 heavy (non-hydrogen) atoms. The van der Waals surface area contributed by atoms with Gasteiger partial charge >= 0.3 is 0 Å². The Morgan fingerprint density at radius 1 is 1.03 bits per heavy atom. The number of anilines is 1. The average Bonchev–Trinajstić information content (AvgIpc) is 3.30. The van der Waals surface area contributed by atoms with Gasteiger partial charge in [-0.1, -0.05) is 41.7 Å². The molecule has 10 nitrogen and oxygen atoms in total. The van der Waals surface area contributed by atoms with E-state index in [1.807, 2.05) is 18.2 Å². The molecule has 1 aromatic heterocycles. The highest BCUT2D eigenvalue weighted by molar-refractivity contribution is 7.93. The van der Waals surface area contributed by atoms with Crippen LogP contribution in [0.15, 0.2) is 69.9 Å². The third-order valence-electron chi connectivity index (χ3n) is 5.43. The molecule has 1 N–H and O–H groups in total. The highest BCUT2D eigenvalue weighted by Crippen LogP contribution is 2.29. The number of non-ortho nitro benzene ring substituents is 1. The maximum atomic E-state index is 12.8. The first kappa shape index (κ1) is 24.0. The number of benzene rings is 2. The molecule has 0 bridgehead atoms. The van der Waals surface area contributed by atoms with Crippen molar-refractivity contribution in [3.8, 4) is 0 Å². The predicted molar refractivity (Wildman–Crippen MR) is 127 cm³/mol. The third kappa shape index (κ3) is 5.83. The van der Waals surface area contributed by atoms with Crippen LogP contribution in [0.1, 0.15) is 5.56 Å². The SMILES string of the molecule is O=C(CN1CCN(Cc2ccccc2)CC1)Nc1ncc(S(=O)(=O)c2ccc([N+](=O)[O-])cc2)s1. The molecule has 1 amide bonds. The van der Waals surface area contributed by atoms with Crippen molar-refractivity contribution < 1.29 is 18.1 Å². The second kappa shape index (κ2) is 10.4. The molecule has 0 saturated carbocycles. The van der Waals surface area contributed by atoms with Crippen LogP contribution in [-0.2, 0) is 21.2 Å². The van der Waals surface area contributed by atoms with Crippen LogP contribution in [0.3, 0.4) is 0 Å². The standard InChI is InChI=1S/C22H23N5O5S2/c28-20(16-26-12-10-25(11-13-26)15-17-4-2-1-3-5-17)24-22-23-14-21(33-22)34(31,32)19-8-6-18(7-9-19)27(29)30/h1-9,14H,10-13,15-16H2,(H,23,24,28). The van der Waals surface area contributed by atoms with E-state index in [1.165, 1.54) is 23.9 Å². The van der Waals surface area contributed by atoms with Crippen molar-refractivity contribution in [2.75, 3.05) is 38.0 Å². The highest BCUT2D eigenvalue weighted by atomic mass is 32.2. The van der Waals surface area contributed by atoms with Gasteiger partial charge in [0.2, 0.25) is 15.7 Å². The molecule has 3 aromatic rings. The lowest BCUT2D eigenvalue weighted by Gasteiger charge is -2.34. The number of aromatic nitrogens is 1. The predicted octanol–water partition coefficient (Wildman–Crippen LogP) is 2.64. The van der Waals surface area contributed by atoms with Crippen molar-refractivity contribution in [1.29, 1.82) is 0 Å². The number of thiazole rings is 1. The van der Waals surface area contributed by atoms with Crippen LogP contribution in [-0.4, -0.2) is 66.8 Å². The zero-order chi connectivity index (χ0) is 24.1. The molecule has 1 aliphatic rings. The maximum Gasteiger partial charge on any atom is 0.269 e. The van der Waals surface area contributed by atoms with Crippen LogP contribution in [0, 0.1) is 10.1 Å². The first-order valence-corrected chi connectivity index (χ1v) is 12.8. The van der Waals surface area contributed by atoms with Crippen LogP contribution in [0.2, 0.25) is 0 Å². The van der Waals surface area contributed by atoms with E-state index in [0.29, 0.717) is 0 Å². The van der Waals surface area contributed by atoms with Crippen LogP contribution in [0.5, 0.6) is 0 Å². The molecule has 1 aliphatic heterocycles. The molecule has 2 heterocycles. The summed E-state index contributed by atoms with van der Waals surface area (Å²) in [4.78, 5) is 31.0. The fraction of sp³-hybridized carbons (Fsp3) is 0.273. The zero-order valence-electron chi connectivity index (χ0n) is 18.2. The van der Waals surface area contributed by atoms with E-state index >= 15 is 0 Å². The van der Waals surface area contributed by atoms with Crippen molar-refractivity contribution in [3.63, 3.8) is 0 Å². The van der Waals surface area contributed by atoms with E-state index in [1.54, 1.807) is 0 Å². The van der Waals surface area contributed by atoms with Crippen LogP contribution < -0.4 is 5.32 Å². The Morgan fingerprint density at radius 3 is 2.32 bits per heavy atom. The van der Waals surface area contributed by atoms with Crippen molar-refractivity contribution in [2.45, 2.75) is 15.6 Å². The monoisotopic (exact) mass is 501 g/mol. The largest absolute Gasteiger partial charge is 0.301 e. The Bertz CT molecular complexity index is 1250. The summed E-state index contributed by atoms with van der Waals surface area (Å²) in [7, 11) is -3.89. The van der Waals surface area contributed by atoms with E-state index < -0.39 is 14.8 Å². The van der Waals surface area contributed by atoms with Crippen LogP contribution >= 0.6 is 11.3 Å². The lowest BCUT2D eigenvalue weighted by Crippen LogP contribution is -2.48. The quantitative estimate of drug-likeness (QED) is 0.369. The number of nitro groups is 1. The summed E-state index contributed by atoms with van der Waals surface area (Å²) in [6, 6.07) is 14.9. The fourth-order valence-corrected chi connectivity index (χ4v) is 6.06. The van der Waals surface area contributed by atoms with Gasteiger partial charge in [-0.15, -0.1) is 0 Å². The normalized spacial score (nSPS) is 15.2. The van der Waals surface area contributed by atoms with Crippen molar-refractivity contribution in [1.82, 2.24) is 14.8 Å². The van der Waals surface area contributed by atoms with Crippen LogP contribution in [0.25, 0.3) is 0 Å². The number of rotatable bonds is 8. The number of carbonyl (C=O) groups is 1. The Labute approximate surface area is 200 Å². The Balaban J connectivity index is 1.29. The summed E-state index contributed by atoms with van der Waals surface area (Å²) >= 11 is 0.846. The molecule has 1 fully saturated rings. The number of sulfone groups is 1. The fourth-order valence-electron chi connectivity index (χ4n) is 3.61. The van der Waals surface area contributed by atoms with Crippen molar-refractivity contribution in [3.05, 3.63) is 76.5 Å². The van der Waals surface area contributed by atoms with Gasteiger partial charge in [0.25, 0.3) is 5.69 Å². The Kier molecular flexibility index (Phi) is 7.32. The number of nitrogens with one attached hydrogen (secondary N) is 1. The number of nitrogens with zero attached hydrogens (tertiary/aromatic N) is 4. The molecular weight excluding hydrogens is 478 g/mol. The molecule has 0 radical (unpaired) electrons. The van der Waals surface area contributed by atoms with Gasteiger partial charge in [-0.25, -0.2) is 13.4 Å². The molecule has 1 saturated heterocycles. The van der Waals surface area contributed by atoms with Crippen LogP contribution in [0.4, 0.5) is 10.8 Å². The second-order valence-electron chi connectivity index (χ2n) is 7.82. The lowest BCUT2D eigenvalue weighted by molar-refractivity contribution is -0.384. The number of hydrogen-bond donors (Lipinski definition) is 1. The van der Waals surface area contributed by atoms with E-state index in [2.05, 4.69) is 32.2 Å². The molecule has 0 unspecified atom stereocenters. The number of nitro benzene ring substituents is 1. The van der Waals surface area contributed by atoms with Gasteiger partial charge in [0.15, 0.2) is 5.13 Å². The van der Waals surface area contributed by atoms with Gasteiger partial charge in [-0.05, 0) is 17.7 Å². The molecule has 2 aromatic carbocycles. The minimum atomic E-state index is -3.89. The average molecular weight is 502 g/mol. The van der Waals surface area contributed by atoms with Gasteiger partial charge < -0.3 is 5.32 Å². The summed E-state index contributed by atoms with van der Waals surface area (Å²) in [5.74, 6) is -0.259. The summed E-state index contributed by atoms with van der Waals surface area (Å²) in [5, 5.41) is 13.6. The molecule has 12 heteroatoms. The van der Waals surface area contributed by atoms with Gasteiger partial charge in [0, 0.05) is 44.9 Å². The molecular formula is C22H23N5O5S2. The Morgan fingerprint density at radius 2 is 1.68 bits per heavy atom. The first-order valence-electron chi connectivity index (χ1n) is 10.5. The third-order valence-corrected chi connectivity index (χ3v) is 8.58. The van der Waals surface area contributed by atoms with Gasteiger partial charge in [-0.3, -0.25) is 24.7 Å². The van der Waals surface area contributed by atoms with E-state index in [9.17, 15) is 23.3 Å². The van der Waals surface area contributed by atoms with Gasteiger partial charge in [0.1, 0.15) is 4.21 Å². The summed E-state index contributed by atoms with van der Waals surface area (Å²) in [6.07, 6.45) is 1.18. The van der Waals surface area contributed by atoms with E-state index in [-0.39, 0.29) is 32.4 Å². The number of amides is 1. The Hall–Kier alpha value is -3.19. The van der Waals surface area contributed by atoms with Crippen molar-refractivity contribution >= 4 is 37.9 Å². The maximum absolute atomic E-state index is 12.8. The summed E-state index contributed by atoms with van der Waals surface area (Å²) in [6.45, 7) is 4.32. The molecule has 4 rings (SSSR count). The van der Waals surface area contributed by atoms with E-state index in [4.69, 9.17) is 0 Å².